The van der Waals surface area contributed by atoms with Gasteiger partial charge in [0.2, 0.25) is 0 Å². The van der Waals surface area contributed by atoms with E-state index >= 15 is 0 Å². The average molecular weight is 399 g/mol. The summed E-state index contributed by atoms with van der Waals surface area (Å²) in [7, 11) is 3.88. The zero-order chi connectivity index (χ0) is 19.7. The van der Waals surface area contributed by atoms with Crippen molar-refractivity contribution in [1.29, 1.82) is 0 Å². The quantitative estimate of drug-likeness (QED) is 0.694. The molecule has 4 amide bonds. The molecule has 4 fully saturated rings. The Morgan fingerprint density at radius 2 is 0.963 bits per heavy atom. The normalized spacial score (nSPS) is 39.9. The highest BCUT2D eigenvalue weighted by atomic mass is 32.2. The van der Waals surface area contributed by atoms with Crippen LogP contribution in [0, 0.1) is 0 Å². The highest BCUT2D eigenvalue weighted by molar-refractivity contribution is 7.92. The summed E-state index contributed by atoms with van der Waals surface area (Å²) in [6.07, 6.45) is 3.77. The summed E-state index contributed by atoms with van der Waals surface area (Å²) in [5.74, 6) is 0. The van der Waals surface area contributed by atoms with Gasteiger partial charge in [0.25, 0.3) is 0 Å². The molecule has 6 atom stereocenters. The van der Waals surface area contributed by atoms with E-state index in [1.807, 2.05) is 14.1 Å². The number of rotatable bonds is 2. The Hall–Kier alpha value is -1.51. The van der Waals surface area contributed by atoms with Crippen molar-refractivity contribution in [3.8, 4) is 0 Å². The highest BCUT2D eigenvalue weighted by Crippen LogP contribution is 2.40. The predicted molar refractivity (Wildman–Crippen MR) is 101 cm³/mol. The van der Waals surface area contributed by atoms with E-state index in [0.29, 0.717) is 25.7 Å². The fourth-order valence-corrected chi connectivity index (χ4v) is 8.26. The summed E-state index contributed by atoms with van der Waals surface area (Å²) in [4.78, 5) is 31.4. The van der Waals surface area contributed by atoms with Gasteiger partial charge in [-0.15, -0.1) is 0 Å². The lowest BCUT2D eigenvalue weighted by atomic mass is 9.89. The molecule has 2 aliphatic carbocycles. The Morgan fingerprint density at radius 3 is 1.33 bits per heavy atom. The van der Waals surface area contributed by atoms with Crippen LogP contribution in [0.15, 0.2) is 0 Å². The van der Waals surface area contributed by atoms with Crippen molar-refractivity contribution < 1.29 is 18.0 Å². The maximum Gasteiger partial charge on any atom is 0.320 e. The van der Waals surface area contributed by atoms with Gasteiger partial charge >= 0.3 is 12.1 Å². The van der Waals surface area contributed by atoms with E-state index in [1.54, 1.807) is 33.7 Å². The van der Waals surface area contributed by atoms with Crippen LogP contribution in [0.4, 0.5) is 9.59 Å². The first-order valence-corrected chi connectivity index (χ1v) is 11.5. The minimum absolute atomic E-state index is 0.0160. The summed E-state index contributed by atoms with van der Waals surface area (Å²) in [5, 5.41) is -0.774. The number of sulfone groups is 1. The second-order valence-corrected chi connectivity index (χ2v) is 11.2. The summed E-state index contributed by atoms with van der Waals surface area (Å²) in [6, 6.07) is 0.174. The van der Waals surface area contributed by atoms with Crippen LogP contribution in [0.2, 0.25) is 0 Å². The van der Waals surface area contributed by atoms with Crippen LogP contribution in [-0.4, -0.2) is 103 Å². The SMILES string of the molecule is CN1C(=O)N(C)C2CC(S(=O)(=O)C3CCC4C(C3)N(C)C(=O)N4C)CCC21. The fraction of sp³-hybridized carbons (Fsp3) is 0.889. The van der Waals surface area contributed by atoms with Gasteiger partial charge in [0.1, 0.15) is 0 Å². The minimum atomic E-state index is -3.29. The lowest BCUT2D eigenvalue weighted by Gasteiger charge is -2.39. The highest BCUT2D eigenvalue weighted by Gasteiger charge is 2.52. The number of hydrogen-bond donors (Lipinski definition) is 0. The number of amides is 4. The van der Waals surface area contributed by atoms with Gasteiger partial charge in [-0.1, -0.05) is 0 Å². The van der Waals surface area contributed by atoms with Crippen LogP contribution in [0.1, 0.15) is 38.5 Å². The largest absolute Gasteiger partial charge is 0.323 e. The second-order valence-electron chi connectivity index (χ2n) is 8.74. The number of likely N-dealkylation sites (N-methyl/N-ethyl adjacent to an activating group) is 4. The number of urea groups is 2. The van der Waals surface area contributed by atoms with Gasteiger partial charge in [-0.2, -0.15) is 0 Å². The molecule has 27 heavy (non-hydrogen) atoms. The van der Waals surface area contributed by atoms with E-state index in [9.17, 15) is 18.0 Å². The van der Waals surface area contributed by atoms with Crippen molar-refractivity contribution in [2.45, 2.75) is 73.2 Å². The Balaban J connectivity index is 1.50. The van der Waals surface area contributed by atoms with E-state index in [2.05, 4.69) is 0 Å². The Labute approximate surface area is 161 Å². The first kappa shape index (κ1) is 18.8. The predicted octanol–water partition coefficient (Wildman–Crippen LogP) is 0.975. The van der Waals surface area contributed by atoms with Crippen molar-refractivity contribution in [3.05, 3.63) is 0 Å². The lowest BCUT2D eigenvalue weighted by Crippen LogP contribution is -2.50. The molecule has 2 saturated heterocycles. The zero-order valence-corrected chi connectivity index (χ0v) is 17.4. The minimum Gasteiger partial charge on any atom is -0.323 e. The topological polar surface area (TPSA) is 81.2 Å². The van der Waals surface area contributed by atoms with Crippen LogP contribution < -0.4 is 0 Å². The van der Waals surface area contributed by atoms with E-state index in [4.69, 9.17) is 0 Å². The molecule has 0 bridgehead atoms. The number of nitrogens with zero attached hydrogens (tertiary/aromatic N) is 4. The molecule has 6 unspecified atom stereocenters. The van der Waals surface area contributed by atoms with Crippen LogP contribution in [0.5, 0.6) is 0 Å². The summed E-state index contributed by atoms with van der Waals surface area (Å²) < 4.78 is 26.8. The Kier molecular flexibility index (Phi) is 4.36. The molecule has 0 aromatic carbocycles. The van der Waals surface area contributed by atoms with Gasteiger partial charge < -0.3 is 19.6 Å². The van der Waals surface area contributed by atoms with E-state index in [1.165, 1.54) is 0 Å². The Morgan fingerprint density at radius 1 is 0.630 bits per heavy atom. The van der Waals surface area contributed by atoms with Crippen LogP contribution >= 0.6 is 0 Å². The third-order valence-corrected chi connectivity index (χ3v) is 10.3. The molecule has 2 aliphatic heterocycles. The smallest absolute Gasteiger partial charge is 0.320 e. The number of carbonyl (C=O) groups excluding carboxylic acids is 2. The Bertz CT molecular complexity index is 700. The van der Waals surface area contributed by atoms with Crippen molar-refractivity contribution >= 4 is 21.9 Å². The summed E-state index contributed by atoms with van der Waals surface area (Å²) >= 11 is 0. The number of carbonyl (C=O) groups is 2. The summed E-state index contributed by atoms with van der Waals surface area (Å²) in [5.41, 5.74) is 0. The van der Waals surface area contributed by atoms with Crippen molar-refractivity contribution in [1.82, 2.24) is 19.6 Å². The zero-order valence-electron chi connectivity index (χ0n) is 16.5. The molecule has 2 heterocycles. The first-order chi connectivity index (χ1) is 12.6. The molecule has 0 aromatic heterocycles. The van der Waals surface area contributed by atoms with Gasteiger partial charge in [-0.25, -0.2) is 18.0 Å². The van der Waals surface area contributed by atoms with E-state index in [-0.39, 0.29) is 46.7 Å². The van der Waals surface area contributed by atoms with Gasteiger partial charge in [-0.05, 0) is 38.5 Å². The van der Waals surface area contributed by atoms with Crippen molar-refractivity contribution in [2.75, 3.05) is 28.2 Å². The van der Waals surface area contributed by atoms with E-state index < -0.39 is 9.84 Å². The molecular formula is C18H30N4O4S. The average Bonchev–Trinajstić information content (AvgIpc) is 3.02. The number of hydrogen-bond acceptors (Lipinski definition) is 4. The molecule has 2 saturated carbocycles. The molecule has 8 nitrogen and oxygen atoms in total. The lowest BCUT2D eigenvalue weighted by molar-refractivity contribution is 0.199. The van der Waals surface area contributed by atoms with Crippen molar-refractivity contribution in [2.24, 2.45) is 0 Å². The molecular weight excluding hydrogens is 368 g/mol. The van der Waals surface area contributed by atoms with Crippen LogP contribution in [-0.2, 0) is 9.84 Å². The molecule has 4 rings (SSSR count). The molecule has 0 radical (unpaired) electrons. The summed E-state index contributed by atoms with van der Waals surface area (Å²) in [6.45, 7) is 0. The molecule has 4 aliphatic rings. The van der Waals surface area contributed by atoms with Gasteiger partial charge in [0.05, 0.1) is 34.7 Å². The fourth-order valence-electron chi connectivity index (χ4n) is 5.86. The molecule has 9 heteroatoms. The molecule has 0 N–H and O–H groups in total. The molecule has 152 valence electrons. The molecule has 0 spiro atoms. The standard InChI is InChI=1S/C18H30N4O4S/c1-19-13-7-5-11(9-15(13)21(3)17(19)23)27(25,26)12-6-8-14-16(10-12)22(4)18(24)20(14)2/h11-16H,5-10H2,1-4H3. The van der Waals surface area contributed by atoms with Crippen molar-refractivity contribution in [3.63, 3.8) is 0 Å². The number of fused-ring (bicyclic) bond motifs is 2. The maximum absolute atomic E-state index is 13.4. The van der Waals surface area contributed by atoms with Gasteiger partial charge in [0.15, 0.2) is 9.84 Å². The van der Waals surface area contributed by atoms with E-state index in [0.717, 1.165) is 12.8 Å². The third-order valence-electron chi connectivity index (χ3n) is 7.59. The molecule has 0 aromatic rings. The van der Waals surface area contributed by atoms with Gasteiger partial charge in [0, 0.05) is 28.2 Å². The second kappa shape index (κ2) is 6.25. The van der Waals surface area contributed by atoms with Gasteiger partial charge in [-0.3, -0.25) is 0 Å². The van der Waals surface area contributed by atoms with Crippen LogP contribution in [0.25, 0.3) is 0 Å². The first-order valence-electron chi connectivity index (χ1n) is 9.86. The third kappa shape index (κ3) is 2.64. The monoisotopic (exact) mass is 398 g/mol. The van der Waals surface area contributed by atoms with Crippen LogP contribution in [0.3, 0.4) is 0 Å². The maximum atomic E-state index is 13.4.